The molecular weight excluding hydrogens is 619 g/mol. The second-order valence-corrected chi connectivity index (χ2v) is 12.9. The van der Waals surface area contributed by atoms with Crippen LogP contribution in [-0.4, -0.2) is 65.0 Å². The molecule has 3 fully saturated rings. The minimum atomic E-state index is -1.04. The Bertz CT molecular complexity index is 1670. The van der Waals surface area contributed by atoms with E-state index in [-0.39, 0.29) is 36.6 Å². The fraction of sp³-hybridized carbons (Fsp3) is 0.433. The lowest BCUT2D eigenvalue weighted by Crippen LogP contribution is -2.35. The third kappa shape index (κ3) is 5.58. The summed E-state index contributed by atoms with van der Waals surface area (Å²) in [4.78, 5) is 16.3. The molecule has 43 heavy (non-hydrogen) atoms. The Morgan fingerprint density at radius 2 is 1.84 bits per heavy atom. The number of thiazole rings is 1. The van der Waals surface area contributed by atoms with Crippen LogP contribution in [0.15, 0.2) is 34.9 Å². The van der Waals surface area contributed by atoms with Crippen molar-refractivity contribution in [2.75, 3.05) is 13.2 Å². The van der Waals surface area contributed by atoms with Crippen molar-refractivity contribution >= 4 is 50.7 Å². The number of carboxylic acids is 1. The van der Waals surface area contributed by atoms with Crippen LogP contribution >= 0.6 is 34.5 Å². The van der Waals surface area contributed by atoms with Gasteiger partial charge in [0, 0.05) is 17.0 Å². The maximum atomic E-state index is 11.7. The SMILES string of the molecule is CC(C)Oc1cc(C(=O)O)cc2sc(O[C@H]3CO[C@H]4[C@@H]3OC[C@H]4OCc3c(-c4c(Cl)cccc4Cl)noc3C3CC3)nc12. The van der Waals surface area contributed by atoms with Gasteiger partial charge in [-0.2, -0.15) is 4.98 Å². The highest BCUT2D eigenvalue weighted by Gasteiger charge is 2.50. The number of ether oxygens (including phenoxy) is 5. The molecule has 226 valence electrons. The predicted octanol–water partition coefficient (Wildman–Crippen LogP) is 6.75. The van der Waals surface area contributed by atoms with Crippen LogP contribution in [-0.2, 0) is 20.8 Å². The van der Waals surface area contributed by atoms with Gasteiger partial charge in [-0.15, -0.1) is 0 Å². The fourth-order valence-corrected chi connectivity index (χ4v) is 7.04. The maximum Gasteiger partial charge on any atom is 0.335 e. The van der Waals surface area contributed by atoms with E-state index in [0.717, 1.165) is 24.2 Å². The van der Waals surface area contributed by atoms with Gasteiger partial charge >= 0.3 is 5.97 Å². The van der Waals surface area contributed by atoms with Crippen molar-refractivity contribution in [1.29, 1.82) is 0 Å². The van der Waals surface area contributed by atoms with Crippen LogP contribution in [0, 0.1) is 0 Å². The van der Waals surface area contributed by atoms with Crippen LogP contribution in [0.4, 0.5) is 0 Å². The first-order valence-corrected chi connectivity index (χ1v) is 15.6. The Morgan fingerprint density at radius 3 is 2.53 bits per heavy atom. The number of hydrogen-bond donors (Lipinski definition) is 1. The molecule has 2 aromatic heterocycles. The van der Waals surface area contributed by atoms with E-state index >= 15 is 0 Å². The molecule has 7 rings (SSSR count). The van der Waals surface area contributed by atoms with Crippen LogP contribution in [0.3, 0.4) is 0 Å². The summed E-state index contributed by atoms with van der Waals surface area (Å²) in [5.41, 5.74) is 2.72. The molecule has 4 heterocycles. The second kappa shape index (κ2) is 11.5. The number of halogens is 2. The first kappa shape index (κ1) is 28.8. The molecule has 0 radical (unpaired) electrons. The number of rotatable bonds is 10. The van der Waals surface area contributed by atoms with E-state index in [2.05, 4.69) is 10.1 Å². The van der Waals surface area contributed by atoms with Crippen molar-refractivity contribution < 1.29 is 38.1 Å². The Kier molecular flexibility index (Phi) is 7.73. The molecule has 2 aliphatic heterocycles. The number of nitrogens with zero attached hydrogens (tertiary/aromatic N) is 2. The lowest BCUT2D eigenvalue weighted by atomic mass is 10.0. The minimum absolute atomic E-state index is 0.124. The van der Waals surface area contributed by atoms with Gasteiger partial charge in [-0.1, -0.05) is 45.8 Å². The summed E-state index contributed by atoms with van der Waals surface area (Å²) >= 11 is 14.3. The van der Waals surface area contributed by atoms with Gasteiger partial charge in [-0.05, 0) is 51.0 Å². The van der Waals surface area contributed by atoms with Gasteiger partial charge < -0.3 is 33.3 Å². The molecule has 0 amide bonds. The van der Waals surface area contributed by atoms with Crippen molar-refractivity contribution in [2.24, 2.45) is 0 Å². The average Bonchev–Trinajstić information content (AvgIpc) is 3.26. The molecule has 0 unspecified atom stereocenters. The standard InChI is InChI=1S/C30H28Cl2N2O8S/c1-13(2)40-19-8-15(29(35)36)9-22-25(19)33-30(43-22)41-21-12-39-27-20(11-38-28(21)27)37-10-16-24(34-42-26(16)14-6-7-14)23-17(31)4-3-5-18(23)32/h3-5,8-9,13-14,20-21,27-28H,6-7,10-12H2,1-2H3,(H,35,36)/t20-,21+,27-,28-/m1/s1. The van der Waals surface area contributed by atoms with Crippen molar-refractivity contribution in [2.45, 2.75) is 69.7 Å². The largest absolute Gasteiger partial charge is 0.489 e. The molecule has 3 aliphatic rings. The third-order valence-corrected chi connectivity index (χ3v) is 9.20. The second-order valence-electron chi connectivity index (χ2n) is 11.1. The molecule has 0 bridgehead atoms. The van der Waals surface area contributed by atoms with Crippen molar-refractivity contribution in [1.82, 2.24) is 10.1 Å². The molecule has 4 atom stereocenters. The van der Waals surface area contributed by atoms with E-state index in [4.69, 9.17) is 51.4 Å². The maximum absolute atomic E-state index is 11.7. The van der Waals surface area contributed by atoms with Crippen LogP contribution in [0.25, 0.3) is 21.5 Å². The van der Waals surface area contributed by atoms with E-state index in [1.54, 1.807) is 24.3 Å². The van der Waals surface area contributed by atoms with Gasteiger partial charge in [-0.25, -0.2) is 4.79 Å². The summed E-state index contributed by atoms with van der Waals surface area (Å²) in [6.07, 6.45) is 0.465. The highest BCUT2D eigenvalue weighted by molar-refractivity contribution is 7.20. The van der Waals surface area contributed by atoms with Gasteiger partial charge in [0.25, 0.3) is 5.19 Å². The van der Waals surface area contributed by atoms with Crippen LogP contribution < -0.4 is 9.47 Å². The molecule has 4 aromatic rings. The van der Waals surface area contributed by atoms with Gasteiger partial charge in [0.2, 0.25) is 0 Å². The Morgan fingerprint density at radius 1 is 1.12 bits per heavy atom. The molecule has 1 N–H and O–H groups in total. The van der Waals surface area contributed by atoms with Crippen LogP contribution in [0.2, 0.25) is 10.0 Å². The fourth-order valence-electron chi connectivity index (χ4n) is 5.54. The zero-order valence-corrected chi connectivity index (χ0v) is 25.6. The van der Waals surface area contributed by atoms with Crippen LogP contribution in [0.1, 0.15) is 54.3 Å². The number of carbonyl (C=O) groups is 1. The quantitative estimate of drug-likeness (QED) is 0.198. The van der Waals surface area contributed by atoms with Crippen molar-refractivity contribution in [3.8, 4) is 22.2 Å². The summed E-state index contributed by atoms with van der Waals surface area (Å²) < 4.78 is 37.1. The van der Waals surface area contributed by atoms with Gasteiger partial charge in [-0.3, -0.25) is 0 Å². The normalized spacial score (nSPS) is 23.3. The highest BCUT2D eigenvalue weighted by Crippen LogP contribution is 2.46. The van der Waals surface area contributed by atoms with E-state index in [0.29, 0.717) is 61.6 Å². The highest BCUT2D eigenvalue weighted by atomic mass is 35.5. The summed E-state index contributed by atoms with van der Waals surface area (Å²) in [6.45, 7) is 4.60. The molecular formula is C30H28Cl2N2O8S. The first-order chi connectivity index (χ1) is 20.8. The molecule has 0 spiro atoms. The van der Waals surface area contributed by atoms with Crippen molar-refractivity contribution in [3.05, 3.63) is 57.3 Å². The summed E-state index contributed by atoms with van der Waals surface area (Å²) in [6, 6.07) is 8.40. The lowest BCUT2D eigenvalue weighted by molar-refractivity contribution is -0.0428. The molecule has 13 heteroatoms. The number of aromatic nitrogens is 2. The van der Waals surface area contributed by atoms with E-state index in [1.807, 2.05) is 13.8 Å². The predicted molar refractivity (Wildman–Crippen MR) is 159 cm³/mol. The van der Waals surface area contributed by atoms with Gasteiger partial charge in [0.05, 0.1) is 46.2 Å². The van der Waals surface area contributed by atoms with E-state index in [1.165, 1.54) is 17.4 Å². The Balaban J connectivity index is 1.06. The minimum Gasteiger partial charge on any atom is -0.489 e. The first-order valence-electron chi connectivity index (χ1n) is 14.1. The summed E-state index contributed by atoms with van der Waals surface area (Å²) in [7, 11) is 0. The lowest BCUT2D eigenvalue weighted by Gasteiger charge is -2.17. The van der Waals surface area contributed by atoms with E-state index < -0.39 is 12.1 Å². The van der Waals surface area contributed by atoms with Gasteiger partial charge in [0.1, 0.15) is 41.0 Å². The molecule has 2 saturated heterocycles. The third-order valence-electron chi connectivity index (χ3n) is 7.67. The topological polar surface area (TPSA) is 122 Å². The number of hydrogen-bond acceptors (Lipinski definition) is 10. The molecule has 10 nitrogen and oxygen atoms in total. The summed E-state index contributed by atoms with van der Waals surface area (Å²) in [5.74, 6) is 0.471. The van der Waals surface area contributed by atoms with E-state index in [9.17, 15) is 9.90 Å². The zero-order chi connectivity index (χ0) is 29.8. The number of fused-ring (bicyclic) bond motifs is 2. The average molecular weight is 648 g/mol. The zero-order valence-electron chi connectivity index (χ0n) is 23.2. The van der Waals surface area contributed by atoms with Crippen molar-refractivity contribution in [3.63, 3.8) is 0 Å². The molecule has 1 saturated carbocycles. The number of aromatic carboxylic acids is 1. The molecule has 2 aromatic carbocycles. The smallest absolute Gasteiger partial charge is 0.335 e. The number of carboxylic acid groups (broad SMARTS) is 1. The Hall–Kier alpha value is -2.93. The summed E-state index contributed by atoms with van der Waals surface area (Å²) in [5, 5.41) is 15.3. The van der Waals surface area contributed by atoms with Crippen LogP contribution in [0.5, 0.6) is 10.9 Å². The Labute approximate surface area is 260 Å². The number of benzene rings is 2. The molecule has 1 aliphatic carbocycles. The van der Waals surface area contributed by atoms with Gasteiger partial charge in [0.15, 0.2) is 6.10 Å². The monoisotopic (exact) mass is 646 g/mol.